The van der Waals surface area contributed by atoms with Gasteiger partial charge in [-0.05, 0) is 61.7 Å². The standard InChI is InChI=1S/C25H28N2O3S/c1-19-10-12-24(13-11-19)31(29,30)27(23-15-20(2)14-21(3)16-23)18-25(28)26(4)17-22-8-6-5-7-9-22/h5-16H,17-18H2,1-4H3. The number of sulfonamides is 1. The van der Waals surface area contributed by atoms with Gasteiger partial charge < -0.3 is 4.90 Å². The fourth-order valence-electron chi connectivity index (χ4n) is 3.44. The van der Waals surface area contributed by atoms with Crippen molar-refractivity contribution in [2.75, 3.05) is 17.9 Å². The molecule has 0 aliphatic carbocycles. The Balaban J connectivity index is 1.95. The molecule has 0 aromatic heterocycles. The molecule has 3 rings (SSSR count). The van der Waals surface area contributed by atoms with Crippen molar-refractivity contribution in [1.82, 2.24) is 4.90 Å². The zero-order valence-corrected chi connectivity index (χ0v) is 19.2. The number of benzene rings is 3. The lowest BCUT2D eigenvalue weighted by Crippen LogP contribution is -2.41. The summed E-state index contributed by atoms with van der Waals surface area (Å²) in [6.45, 7) is 5.86. The van der Waals surface area contributed by atoms with E-state index < -0.39 is 10.0 Å². The van der Waals surface area contributed by atoms with Crippen LogP contribution in [-0.2, 0) is 21.4 Å². The Hall–Kier alpha value is -3.12. The van der Waals surface area contributed by atoms with E-state index in [-0.39, 0.29) is 17.3 Å². The number of carbonyl (C=O) groups is 1. The lowest BCUT2D eigenvalue weighted by Gasteiger charge is -2.27. The number of hydrogen-bond donors (Lipinski definition) is 0. The van der Waals surface area contributed by atoms with Gasteiger partial charge in [0.25, 0.3) is 10.0 Å². The molecule has 0 N–H and O–H groups in total. The molecule has 1 amide bonds. The Bertz CT molecular complexity index is 1140. The summed E-state index contributed by atoms with van der Waals surface area (Å²) in [5.41, 5.74) is 4.31. The van der Waals surface area contributed by atoms with Gasteiger partial charge >= 0.3 is 0 Å². The highest BCUT2D eigenvalue weighted by molar-refractivity contribution is 7.92. The predicted octanol–water partition coefficient (Wildman–Crippen LogP) is 4.47. The molecule has 3 aromatic carbocycles. The molecule has 5 nitrogen and oxygen atoms in total. The molecule has 31 heavy (non-hydrogen) atoms. The number of nitrogens with zero attached hydrogens (tertiary/aromatic N) is 2. The number of aryl methyl sites for hydroxylation is 3. The maximum atomic E-state index is 13.5. The number of hydrogen-bond acceptors (Lipinski definition) is 3. The summed E-state index contributed by atoms with van der Waals surface area (Å²) in [5.74, 6) is -0.279. The molecule has 6 heteroatoms. The molecule has 0 heterocycles. The van der Waals surface area contributed by atoms with E-state index in [1.807, 2.05) is 57.2 Å². The average Bonchev–Trinajstić information content (AvgIpc) is 2.72. The molecule has 0 bridgehead atoms. The second-order valence-corrected chi connectivity index (χ2v) is 9.77. The molecule has 0 aliphatic heterocycles. The molecule has 162 valence electrons. The Morgan fingerprint density at radius 2 is 1.39 bits per heavy atom. The van der Waals surface area contributed by atoms with Crippen LogP contribution in [0.5, 0.6) is 0 Å². The maximum absolute atomic E-state index is 13.5. The summed E-state index contributed by atoms with van der Waals surface area (Å²) in [5, 5.41) is 0. The van der Waals surface area contributed by atoms with Gasteiger partial charge in [-0.25, -0.2) is 8.42 Å². The van der Waals surface area contributed by atoms with Crippen molar-refractivity contribution in [3.05, 3.63) is 95.1 Å². The summed E-state index contributed by atoms with van der Waals surface area (Å²) >= 11 is 0. The SMILES string of the molecule is Cc1ccc(S(=O)(=O)N(CC(=O)N(C)Cc2ccccc2)c2cc(C)cc(C)c2)cc1. The van der Waals surface area contributed by atoms with Gasteiger partial charge in [-0.2, -0.15) is 0 Å². The molecular weight excluding hydrogens is 408 g/mol. The largest absolute Gasteiger partial charge is 0.340 e. The predicted molar refractivity (Wildman–Crippen MR) is 125 cm³/mol. The van der Waals surface area contributed by atoms with Crippen molar-refractivity contribution in [3.63, 3.8) is 0 Å². The van der Waals surface area contributed by atoms with Crippen LogP contribution in [0.3, 0.4) is 0 Å². The first kappa shape index (κ1) is 22.6. The van der Waals surface area contributed by atoms with Crippen molar-refractivity contribution in [3.8, 4) is 0 Å². The van der Waals surface area contributed by atoms with Crippen LogP contribution >= 0.6 is 0 Å². The van der Waals surface area contributed by atoms with Crippen LogP contribution in [0.15, 0.2) is 77.7 Å². The van der Waals surface area contributed by atoms with Crippen molar-refractivity contribution < 1.29 is 13.2 Å². The number of likely N-dealkylation sites (N-methyl/N-ethyl adjacent to an activating group) is 1. The van der Waals surface area contributed by atoms with Crippen LogP contribution in [0.25, 0.3) is 0 Å². The Morgan fingerprint density at radius 3 is 1.97 bits per heavy atom. The van der Waals surface area contributed by atoms with E-state index in [1.165, 1.54) is 4.31 Å². The van der Waals surface area contributed by atoms with Gasteiger partial charge in [0.2, 0.25) is 5.91 Å². The smallest absolute Gasteiger partial charge is 0.264 e. The van der Waals surface area contributed by atoms with Crippen LogP contribution in [0, 0.1) is 20.8 Å². The zero-order chi connectivity index (χ0) is 22.6. The normalized spacial score (nSPS) is 11.2. The number of carbonyl (C=O) groups excluding carboxylic acids is 1. The van der Waals surface area contributed by atoms with Crippen LogP contribution in [0.1, 0.15) is 22.3 Å². The third-order valence-corrected chi connectivity index (χ3v) is 6.86. The van der Waals surface area contributed by atoms with Crippen LogP contribution in [0.4, 0.5) is 5.69 Å². The zero-order valence-electron chi connectivity index (χ0n) is 18.4. The molecule has 0 radical (unpaired) electrons. The third-order valence-electron chi connectivity index (χ3n) is 5.07. The van der Waals surface area contributed by atoms with E-state index in [1.54, 1.807) is 48.3 Å². The third kappa shape index (κ3) is 5.52. The molecule has 0 saturated carbocycles. The van der Waals surface area contributed by atoms with Gasteiger partial charge in [0.15, 0.2) is 0 Å². The maximum Gasteiger partial charge on any atom is 0.264 e. The molecule has 0 atom stereocenters. The molecule has 0 spiro atoms. The number of anilines is 1. The summed E-state index contributed by atoms with van der Waals surface area (Å²) in [4.78, 5) is 14.8. The van der Waals surface area contributed by atoms with E-state index in [4.69, 9.17) is 0 Å². The topological polar surface area (TPSA) is 57.7 Å². The first-order chi connectivity index (χ1) is 14.7. The summed E-state index contributed by atoms with van der Waals surface area (Å²) in [6.07, 6.45) is 0. The number of rotatable bonds is 7. The minimum absolute atomic E-state index is 0.163. The molecular formula is C25H28N2O3S. The van der Waals surface area contributed by atoms with Crippen LogP contribution < -0.4 is 4.31 Å². The van der Waals surface area contributed by atoms with Gasteiger partial charge in [0.1, 0.15) is 6.54 Å². The van der Waals surface area contributed by atoms with Crippen LogP contribution in [0.2, 0.25) is 0 Å². The summed E-state index contributed by atoms with van der Waals surface area (Å²) in [6, 6.07) is 21.9. The second-order valence-electron chi connectivity index (χ2n) is 7.91. The summed E-state index contributed by atoms with van der Waals surface area (Å²) < 4.78 is 28.3. The molecule has 3 aromatic rings. The fourth-order valence-corrected chi connectivity index (χ4v) is 4.83. The number of amides is 1. The van der Waals surface area contributed by atoms with Crippen LogP contribution in [-0.4, -0.2) is 32.8 Å². The van der Waals surface area contributed by atoms with Crippen molar-refractivity contribution in [2.45, 2.75) is 32.2 Å². The van der Waals surface area contributed by atoms with E-state index in [2.05, 4.69) is 0 Å². The highest BCUT2D eigenvalue weighted by atomic mass is 32.2. The van der Waals surface area contributed by atoms with Gasteiger partial charge in [-0.15, -0.1) is 0 Å². The van der Waals surface area contributed by atoms with Crippen molar-refractivity contribution >= 4 is 21.6 Å². The minimum atomic E-state index is -3.92. The quantitative estimate of drug-likeness (QED) is 0.549. The van der Waals surface area contributed by atoms with Crippen molar-refractivity contribution in [1.29, 1.82) is 0 Å². The molecule has 0 fully saturated rings. The Kier molecular flexibility index (Phi) is 6.81. The highest BCUT2D eigenvalue weighted by Gasteiger charge is 2.28. The van der Waals surface area contributed by atoms with Gasteiger partial charge in [-0.3, -0.25) is 9.10 Å². The monoisotopic (exact) mass is 436 g/mol. The lowest BCUT2D eigenvalue weighted by atomic mass is 10.1. The molecule has 0 aliphatic rings. The average molecular weight is 437 g/mol. The van der Waals surface area contributed by atoms with E-state index in [9.17, 15) is 13.2 Å². The highest BCUT2D eigenvalue weighted by Crippen LogP contribution is 2.26. The first-order valence-corrected chi connectivity index (χ1v) is 11.6. The van der Waals surface area contributed by atoms with Gasteiger partial charge in [-0.1, -0.05) is 54.1 Å². The van der Waals surface area contributed by atoms with E-state index in [0.717, 1.165) is 22.3 Å². The van der Waals surface area contributed by atoms with Gasteiger partial charge in [0.05, 0.1) is 10.6 Å². The minimum Gasteiger partial charge on any atom is -0.340 e. The first-order valence-electron chi connectivity index (χ1n) is 10.1. The lowest BCUT2D eigenvalue weighted by molar-refractivity contribution is -0.128. The fraction of sp³-hybridized carbons (Fsp3) is 0.240. The Morgan fingerprint density at radius 1 is 0.806 bits per heavy atom. The summed E-state index contributed by atoms with van der Waals surface area (Å²) in [7, 11) is -2.23. The van der Waals surface area contributed by atoms with Gasteiger partial charge in [0, 0.05) is 13.6 Å². The Labute approximate surface area is 185 Å². The van der Waals surface area contributed by atoms with E-state index in [0.29, 0.717) is 12.2 Å². The van der Waals surface area contributed by atoms with E-state index >= 15 is 0 Å². The van der Waals surface area contributed by atoms with Crippen molar-refractivity contribution in [2.24, 2.45) is 0 Å². The molecule has 0 unspecified atom stereocenters. The molecule has 0 saturated heterocycles. The second kappa shape index (κ2) is 9.35.